The fraction of sp³-hybridized carbons (Fsp3) is 0.750. The van der Waals surface area contributed by atoms with E-state index in [1.807, 2.05) is 0 Å². The summed E-state index contributed by atoms with van der Waals surface area (Å²) in [5.74, 6) is -1.46. The molecule has 0 saturated carbocycles. The van der Waals surface area contributed by atoms with Gasteiger partial charge in [-0.25, -0.2) is 9.59 Å². The molecule has 1 heterocycles. The Morgan fingerprint density at radius 1 is 1.35 bits per heavy atom. The van der Waals surface area contributed by atoms with Crippen LogP contribution in [0.5, 0.6) is 0 Å². The smallest absolute Gasteiger partial charge is 0.326 e. The highest BCUT2D eigenvalue weighted by Crippen LogP contribution is 2.17. The molecule has 2 unspecified atom stereocenters. The summed E-state index contributed by atoms with van der Waals surface area (Å²) < 4.78 is 0. The number of likely N-dealkylation sites (N-methyl/N-ethyl adjacent to an activating group) is 1. The van der Waals surface area contributed by atoms with Crippen molar-refractivity contribution in [1.82, 2.24) is 15.5 Å². The van der Waals surface area contributed by atoms with E-state index < -0.39 is 24.1 Å². The Hall–Kier alpha value is -1.83. The number of likely N-dealkylation sites (tertiary alicyclic amines) is 1. The van der Waals surface area contributed by atoms with Gasteiger partial charge in [-0.15, -0.1) is 0 Å². The maximum Gasteiger partial charge on any atom is 0.326 e. The van der Waals surface area contributed by atoms with Crippen LogP contribution in [0.3, 0.4) is 0 Å². The summed E-state index contributed by atoms with van der Waals surface area (Å²) in [6, 6.07) is -2.31. The molecule has 1 fully saturated rings. The second-order valence-electron chi connectivity index (χ2n) is 4.67. The van der Waals surface area contributed by atoms with Crippen LogP contribution in [-0.2, 0) is 9.59 Å². The number of piperidine rings is 1. The van der Waals surface area contributed by atoms with Crippen LogP contribution in [0.2, 0.25) is 0 Å². The van der Waals surface area contributed by atoms with E-state index in [-0.39, 0.29) is 18.9 Å². The number of aliphatic hydroxyl groups excluding tert-OH is 1. The third-order valence-electron chi connectivity index (χ3n) is 3.33. The molecule has 8 nitrogen and oxygen atoms in total. The summed E-state index contributed by atoms with van der Waals surface area (Å²) in [5.41, 5.74) is 0. The third kappa shape index (κ3) is 4.09. The van der Waals surface area contributed by atoms with E-state index in [2.05, 4.69) is 10.6 Å². The molecule has 2 atom stereocenters. The molecule has 0 bridgehead atoms. The normalized spacial score (nSPS) is 20.1. The molecule has 0 aromatic heterocycles. The van der Waals surface area contributed by atoms with E-state index in [0.29, 0.717) is 13.0 Å². The number of hydrogen-bond donors (Lipinski definition) is 4. The largest absolute Gasteiger partial charge is 0.480 e. The van der Waals surface area contributed by atoms with E-state index in [0.717, 1.165) is 12.8 Å². The van der Waals surface area contributed by atoms with E-state index in [4.69, 9.17) is 10.2 Å². The molecule has 4 N–H and O–H groups in total. The first-order valence-corrected chi connectivity index (χ1v) is 6.63. The molecule has 8 heteroatoms. The molecular formula is C12H21N3O5. The first kappa shape index (κ1) is 16.2. The quantitative estimate of drug-likeness (QED) is 0.524. The highest BCUT2D eigenvalue weighted by Gasteiger charge is 2.33. The molecule has 3 amide bonds. The van der Waals surface area contributed by atoms with Gasteiger partial charge in [0.25, 0.3) is 0 Å². The fourth-order valence-electron chi connectivity index (χ4n) is 2.23. The maximum atomic E-state index is 12.1. The lowest BCUT2D eigenvalue weighted by Crippen LogP contribution is -2.56. The van der Waals surface area contributed by atoms with E-state index in [9.17, 15) is 14.4 Å². The average Bonchev–Trinajstić information content (AvgIpc) is 2.45. The number of aliphatic hydroxyl groups is 1. The molecule has 1 aliphatic rings. The van der Waals surface area contributed by atoms with Crippen LogP contribution in [0.25, 0.3) is 0 Å². The standard InChI is InChI=1S/C12H21N3O5/c1-13-10(17)9-4-2-3-6-15(9)12(20)14-8(5-7-16)11(18)19/h8-9,16H,2-7H2,1H3,(H,13,17)(H,14,20)(H,18,19). The number of hydrogen-bond acceptors (Lipinski definition) is 4. The Labute approximate surface area is 117 Å². The second kappa shape index (κ2) is 7.68. The molecule has 20 heavy (non-hydrogen) atoms. The molecule has 0 radical (unpaired) electrons. The maximum absolute atomic E-state index is 12.1. The predicted octanol–water partition coefficient (Wildman–Crippen LogP) is -0.868. The van der Waals surface area contributed by atoms with Crippen molar-refractivity contribution in [3.8, 4) is 0 Å². The lowest BCUT2D eigenvalue weighted by molar-refractivity contribution is -0.139. The Morgan fingerprint density at radius 2 is 2.05 bits per heavy atom. The lowest BCUT2D eigenvalue weighted by Gasteiger charge is -2.35. The first-order chi connectivity index (χ1) is 9.51. The van der Waals surface area contributed by atoms with Gasteiger partial charge in [0, 0.05) is 26.6 Å². The van der Waals surface area contributed by atoms with Crippen LogP contribution in [0, 0.1) is 0 Å². The van der Waals surface area contributed by atoms with Crippen molar-refractivity contribution >= 4 is 17.9 Å². The zero-order valence-electron chi connectivity index (χ0n) is 11.5. The Bertz CT molecular complexity index is 374. The van der Waals surface area contributed by atoms with Crippen LogP contribution < -0.4 is 10.6 Å². The van der Waals surface area contributed by atoms with Gasteiger partial charge in [0.1, 0.15) is 12.1 Å². The summed E-state index contributed by atoms with van der Waals surface area (Å²) in [7, 11) is 1.50. The van der Waals surface area contributed by atoms with Gasteiger partial charge in [-0.3, -0.25) is 4.79 Å². The van der Waals surface area contributed by atoms with E-state index >= 15 is 0 Å². The Kier molecular flexibility index (Phi) is 6.23. The number of rotatable bonds is 5. The van der Waals surface area contributed by atoms with Crippen molar-refractivity contribution in [2.75, 3.05) is 20.2 Å². The van der Waals surface area contributed by atoms with Crippen LogP contribution in [0.1, 0.15) is 25.7 Å². The number of aliphatic carboxylic acids is 1. The minimum Gasteiger partial charge on any atom is -0.480 e. The number of carbonyl (C=O) groups excluding carboxylic acids is 2. The number of nitrogens with zero attached hydrogens (tertiary/aromatic N) is 1. The van der Waals surface area contributed by atoms with Crippen LogP contribution >= 0.6 is 0 Å². The van der Waals surface area contributed by atoms with Crippen LogP contribution in [0.4, 0.5) is 4.79 Å². The molecule has 1 rings (SSSR count). The predicted molar refractivity (Wildman–Crippen MR) is 70.1 cm³/mol. The minimum absolute atomic E-state index is 0.0699. The highest BCUT2D eigenvalue weighted by molar-refractivity contribution is 5.88. The highest BCUT2D eigenvalue weighted by atomic mass is 16.4. The summed E-state index contributed by atoms with van der Waals surface area (Å²) in [4.78, 5) is 36.2. The van der Waals surface area contributed by atoms with Gasteiger partial charge in [-0.2, -0.15) is 0 Å². The van der Waals surface area contributed by atoms with Crippen molar-refractivity contribution in [3.05, 3.63) is 0 Å². The number of nitrogens with one attached hydrogen (secondary N) is 2. The number of carbonyl (C=O) groups is 3. The molecule has 0 aliphatic carbocycles. The summed E-state index contributed by atoms with van der Waals surface area (Å²) in [5, 5.41) is 22.6. The van der Waals surface area contributed by atoms with Gasteiger partial charge in [-0.1, -0.05) is 0 Å². The minimum atomic E-state index is -1.21. The first-order valence-electron chi connectivity index (χ1n) is 6.63. The SMILES string of the molecule is CNC(=O)C1CCCCN1C(=O)NC(CCO)C(=O)O. The summed E-state index contributed by atoms with van der Waals surface area (Å²) in [6.45, 7) is 0.0749. The molecular weight excluding hydrogens is 266 g/mol. The van der Waals surface area contributed by atoms with Crippen molar-refractivity contribution < 1.29 is 24.6 Å². The van der Waals surface area contributed by atoms with Gasteiger partial charge >= 0.3 is 12.0 Å². The third-order valence-corrected chi connectivity index (χ3v) is 3.33. The summed E-state index contributed by atoms with van der Waals surface area (Å²) >= 11 is 0. The molecule has 1 aliphatic heterocycles. The van der Waals surface area contributed by atoms with Gasteiger partial charge in [-0.05, 0) is 19.3 Å². The topological polar surface area (TPSA) is 119 Å². The number of carboxylic acids is 1. The lowest BCUT2D eigenvalue weighted by atomic mass is 10.0. The molecule has 0 aromatic carbocycles. The van der Waals surface area contributed by atoms with Gasteiger partial charge < -0.3 is 25.7 Å². The molecule has 0 aromatic rings. The van der Waals surface area contributed by atoms with Crippen molar-refractivity contribution in [1.29, 1.82) is 0 Å². The second-order valence-corrected chi connectivity index (χ2v) is 4.67. The average molecular weight is 287 g/mol. The van der Waals surface area contributed by atoms with Gasteiger partial charge in [0.05, 0.1) is 0 Å². The van der Waals surface area contributed by atoms with E-state index in [1.54, 1.807) is 0 Å². The zero-order valence-corrected chi connectivity index (χ0v) is 11.5. The van der Waals surface area contributed by atoms with Gasteiger partial charge in [0.15, 0.2) is 0 Å². The summed E-state index contributed by atoms with van der Waals surface area (Å²) in [6.07, 6.45) is 2.11. The molecule has 1 saturated heterocycles. The van der Waals surface area contributed by atoms with Crippen LogP contribution in [-0.4, -0.2) is 65.3 Å². The number of urea groups is 1. The van der Waals surface area contributed by atoms with Crippen molar-refractivity contribution in [2.45, 2.75) is 37.8 Å². The molecule has 114 valence electrons. The Balaban J connectivity index is 2.71. The van der Waals surface area contributed by atoms with Crippen molar-refractivity contribution in [3.63, 3.8) is 0 Å². The zero-order chi connectivity index (χ0) is 15.1. The number of carboxylic acid groups (broad SMARTS) is 1. The van der Waals surface area contributed by atoms with Crippen molar-refractivity contribution in [2.24, 2.45) is 0 Å². The van der Waals surface area contributed by atoms with E-state index in [1.165, 1.54) is 11.9 Å². The van der Waals surface area contributed by atoms with Gasteiger partial charge in [0.2, 0.25) is 5.91 Å². The monoisotopic (exact) mass is 287 g/mol. The Morgan fingerprint density at radius 3 is 2.60 bits per heavy atom. The number of amides is 3. The fourth-order valence-corrected chi connectivity index (χ4v) is 2.23. The van der Waals surface area contributed by atoms with Crippen LogP contribution in [0.15, 0.2) is 0 Å². The molecule has 0 spiro atoms.